The van der Waals surface area contributed by atoms with Crippen molar-refractivity contribution in [3.05, 3.63) is 35.4 Å². The lowest BCUT2D eigenvalue weighted by molar-refractivity contribution is 0.0424. The zero-order valence-corrected chi connectivity index (χ0v) is 12.5. The quantitative estimate of drug-likeness (QED) is 0.862. The third-order valence-electron chi connectivity index (χ3n) is 5.01. The van der Waals surface area contributed by atoms with E-state index < -0.39 is 0 Å². The van der Waals surface area contributed by atoms with Crippen LogP contribution in [0, 0.1) is 0 Å². The molecule has 1 saturated carbocycles. The molecule has 0 bridgehead atoms. The summed E-state index contributed by atoms with van der Waals surface area (Å²) in [6.45, 7) is 2.57. The summed E-state index contributed by atoms with van der Waals surface area (Å²) in [4.78, 5) is 2.66. The molecule has 0 spiro atoms. The molecular weight excluding hydrogens is 248 g/mol. The molecule has 2 N–H and O–H groups in total. The Morgan fingerprint density at radius 3 is 2.70 bits per heavy atom. The number of rotatable bonds is 6. The molecule has 3 heteroatoms. The number of aryl methyl sites for hydroxylation is 1. The Hall–Kier alpha value is -0.900. The average Bonchev–Trinajstić information content (AvgIpc) is 3.32. The monoisotopic (exact) mass is 274 g/mol. The number of nitrogens with two attached hydrogens (primary N) is 1. The van der Waals surface area contributed by atoms with Crippen molar-refractivity contribution in [3.63, 3.8) is 0 Å². The number of hydrogen-bond acceptors (Lipinski definition) is 3. The van der Waals surface area contributed by atoms with Crippen LogP contribution in [0.2, 0.25) is 0 Å². The van der Waals surface area contributed by atoms with Crippen LogP contribution in [-0.2, 0) is 17.6 Å². The SMILES string of the molecule is COCCN(C1CC1)C1(CN)CCc2ccccc2C1. The number of nitrogens with zero attached hydrogens (tertiary/aromatic N) is 1. The van der Waals surface area contributed by atoms with Gasteiger partial charge < -0.3 is 10.5 Å². The van der Waals surface area contributed by atoms with Crippen LogP contribution in [0.25, 0.3) is 0 Å². The van der Waals surface area contributed by atoms with Crippen molar-refractivity contribution in [1.29, 1.82) is 0 Å². The lowest BCUT2D eigenvalue weighted by atomic mass is 9.76. The second-order valence-corrected chi connectivity index (χ2v) is 6.29. The molecule has 1 unspecified atom stereocenters. The van der Waals surface area contributed by atoms with Crippen LogP contribution >= 0.6 is 0 Å². The molecule has 2 aliphatic carbocycles. The van der Waals surface area contributed by atoms with Crippen LogP contribution in [0.4, 0.5) is 0 Å². The summed E-state index contributed by atoms with van der Waals surface area (Å²) in [5, 5.41) is 0. The number of hydrogen-bond donors (Lipinski definition) is 1. The molecule has 20 heavy (non-hydrogen) atoms. The molecular formula is C17H26N2O. The summed E-state index contributed by atoms with van der Waals surface area (Å²) in [5.74, 6) is 0. The average molecular weight is 274 g/mol. The normalized spacial score (nSPS) is 25.8. The van der Waals surface area contributed by atoms with Gasteiger partial charge in [0.1, 0.15) is 0 Å². The van der Waals surface area contributed by atoms with Crippen molar-refractivity contribution < 1.29 is 4.74 Å². The largest absolute Gasteiger partial charge is 0.383 e. The van der Waals surface area contributed by atoms with Gasteiger partial charge in [0.05, 0.1) is 6.61 Å². The van der Waals surface area contributed by atoms with Gasteiger partial charge in [-0.25, -0.2) is 0 Å². The Morgan fingerprint density at radius 1 is 1.30 bits per heavy atom. The minimum absolute atomic E-state index is 0.147. The van der Waals surface area contributed by atoms with E-state index in [1.54, 1.807) is 7.11 Å². The molecule has 1 aromatic carbocycles. The van der Waals surface area contributed by atoms with Crippen LogP contribution in [0.3, 0.4) is 0 Å². The van der Waals surface area contributed by atoms with Crippen LogP contribution in [0.5, 0.6) is 0 Å². The molecule has 3 nitrogen and oxygen atoms in total. The third-order valence-corrected chi connectivity index (χ3v) is 5.01. The molecule has 1 atom stereocenters. The van der Waals surface area contributed by atoms with Gasteiger partial charge in [-0.2, -0.15) is 0 Å². The highest BCUT2D eigenvalue weighted by Gasteiger charge is 2.44. The van der Waals surface area contributed by atoms with Crippen LogP contribution in [0.15, 0.2) is 24.3 Å². The van der Waals surface area contributed by atoms with Crippen molar-refractivity contribution in [2.24, 2.45) is 5.73 Å². The van der Waals surface area contributed by atoms with Crippen molar-refractivity contribution in [1.82, 2.24) is 4.90 Å². The maximum absolute atomic E-state index is 6.25. The first-order valence-corrected chi connectivity index (χ1v) is 7.81. The molecule has 0 aliphatic heterocycles. The molecule has 3 rings (SSSR count). The highest BCUT2D eigenvalue weighted by Crippen LogP contribution is 2.39. The fourth-order valence-corrected chi connectivity index (χ4v) is 3.70. The van der Waals surface area contributed by atoms with Crippen molar-refractivity contribution >= 4 is 0 Å². The van der Waals surface area contributed by atoms with Gasteiger partial charge in [0.25, 0.3) is 0 Å². The summed E-state index contributed by atoms with van der Waals surface area (Å²) in [6, 6.07) is 9.59. The predicted molar refractivity (Wildman–Crippen MR) is 81.9 cm³/mol. The molecule has 1 fully saturated rings. The van der Waals surface area contributed by atoms with Crippen LogP contribution in [0.1, 0.15) is 30.4 Å². The Morgan fingerprint density at radius 2 is 2.05 bits per heavy atom. The number of benzene rings is 1. The highest BCUT2D eigenvalue weighted by molar-refractivity contribution is 5.32. The van der Waals surface area contributed by atoms with E-state index in [1.165, 1.54) is 30.4 Å². The standard InChI is InChI=1S/C17H26N2O/c1-20-11-10-19(16-6-7-16)17(13-18)9-8-14-4-2-3-5-15(14)12-17/h2-5,16H,6-13,18H2,1H3. The maximum Gasteiger partial charge on any atom is 0.0590 e. The fraction of sp³-hybridized carbons (Fsp3) is 0.647. The fourth-order valence-electron chi connectivity index (χ4n) is 3.70. The maximum atomic E-state index is 6.25. The number of ether oxygens (including phenoxy) is 1. The summed E-state index contributed by atoms with van der Waals surface area (Å²) in [7, 11) is 1.79. The van der Waals surface area contributed by atoms with Gasteiger partial charge in [-0.1, -0.05) is 24.3 Å². The van der Waals surface area contributed by atoms with E-state index in [2.05, 4.69) is 29.2 Å². The molecule has 0 amide bonds. The first-order valence-electron chi connectivity index (χ1n) is 7.81. The summed E-state index contributed by atoms with van der Waals surface area (Å²) in [6.07, 6.45) is 6.09. The lowest BCUT2D eigenvalue weighted by Crippen LogP contribution is -2.58. The Labute approximate surface area is 122 Å². The smallest absolute Gasteiger partial charge is 0.0590 e. The van der Waals surface area contributed by atoms with Crippen molar-refractivity contribution in [2.45, 2.75) is 43.7 Å². The van der Waals surface area contributed by atoms with Gasteiger partial charge >= 0.3 is 0 Å². The Kier molecular flexibility index (Phi) is 4.11. The minimum atomic E-state index is 0.147. The van der Waals surface area contributed by atoms with Gasteiger partial charge in [-0.05, 0) is 43.2 Å². The molecule has 1 aromatic rings. The number of fused-ring (bicyclic) bond motifs is 1. The predicted octanol–water partition coefficient (Wildman–Crippen LogP) is 1.98. The van der Waals surface area contributed by atoms with Crippen molar-refractivity contribution in [3.8, 4) is 0 Å². The van der Waals surface area contributed by atoms with E-state index >= 15 is 0 Å². The second-order valence-electron chi connectivity index (χ2n) is 6.29. The summed E-state index contributed by atoms with van der Waals surface area (Å²) >= 11 is 0. The lowest BCUT2D eigenvalue weighted by Gasteiger charge is -2.47. The zero-order chi connectivity index (χ0) is 14.0. The first-order chi connectivity index (χ1) is 9.79. The van der Waals surface area contributed by atoms with E-state index in [9.17, 15) is 0 Å². The topological polar surface area (TPSA) is 38.5 Å². The number of methoxy groups -OCH3 is 1. The van der Waals surface area contributed by atoms with Gasteiger partial charge in [0.2, 0.25) is 0 Å². The van der Waals surface area contributed by atoms with Crippen molar-refractivity contribution in [2.75, 3.05) is 26.8 Å². The van der Waals surface area contributed by atoms with E-state index in [4.69, 9.17) is 10.5 Å². The van der Waals surface area contributed by atoms with Crippen LogP contribution < -0.4 is 5.73 Å². The van der Waals surface area contributed by atoms with E-state index in [-0.39, 0.29) is 5.54 Å². The van der Waals surface area contributed by atoms with Gasteiger partial charge in [0.15, 0.2) is 0 Å². The third kappa shape index (κ3) is 2.62. The molecule has 2 aliphatic rings. The molecule has 0 aromatic heterocycles. The molecule has 110 valence electrons. The molecule has 0 heterocycles. The van der Waals surface area contributed by atoms with E-state index in [1.807, 2.05) is 0 Å². The first kappa shape index (κ1) is 14.1. The molecule has 0 saturated heterocycles. The van der Waals surface area contributed by atoms with E-state index in [0.29, 0.717) is 0 Å². The van der Waals surface area contributed by atoms with E-state index in [0.717, 1.165) is 38.6 Å². The zero-order valence-electron chi connectivity index (χ0n) is 12.5. The van der Waals surface area contributed by atoms with Gasteiger partial charge in [-0.3, -0.25) is 4.90 Å². The summed E-state index contributed by atoms with van der Waals surface area (Å²) in [5.41, 5.74) is 9.40. The summed E-state index contributed by atoms with van der Waals surface area (Å²) < 4.78 is 5.32. The Bertz CT molecular complexity index is 458. The Balaban J connectivity index is 1.83. The van der Waals surface area contributed by atoms with Gasteiger partial charge in [-0.15, -0.1) is 0 Å². The highest BCUT2D eigenvalue weighted by atomic mass is 16.5. The molecule has 0 radical (unpaired) electrons. The van der Waals surface area contributed by atoms with Crippen LogP contribution in [-0.4, -0.2) is 43.3 Å². The second kappa shape index (κ2) is 5.84. The van der Waals surface area contributed by atoms with Gasteiger partial charge in [0, 0.05) is 31.8 Å². The minimum Gasteiger partial charge on any atom is -0.383 e.